The monoisotopic (exact) mass is 265 g/mol. The fourth-order valence-electron chi connectivity index (χ4n) is 1.67. The van der Waals surface area contributed by atoms with Crippen molar-refractivity contribution in [2.75, 3.05) is 11.4 Å². The molecule has 0 unspecified atom stereocenters. The second-order valence-corrected chi connectivity index (χ2v) is 4.27. The van der Waals surface area contributed by atoms with Crippen molar-refractivity contribution in [2.24, 2.45) is 0 Å². The first-order valence-electron chi connectivity index (χ1n) is 5.30. The number of aromatic nitrogens is 2. The van der Waals surface area contributed by atoms with Crippen LogP contribution in [0.15, 0.2) is 6.07 Å². The molecule has 1 saturated carbocycles. The zero-order valence-corrected chi connectivity index (χ0v) is 9.89. The Kier molecular flexibility index (Phi) is 3.16. The lowest BCUT2D eigenvalue weighted by Gasteiger charge is -2.22. The molecule has 0 amide bonds. The van der Waals surface area contributed by atoms with E-state index in [1.54, 1.807) is 0 Å². The van der Waals surface area contributed by atoms with Gasteiger partial charge in [-0.25, -0.2) is 9.97 Å². The molecule has 94 valence electrons. The van der Waals surface area contributed by atoms with Gasteiger partial charge in [-0.15, -0.1) is 0 Å². The molecule has 0 atom stereocenters. The highest BCUT2D eigenvalue weighted by molar-refractivity contribution is 6.29. The van der Waals surface area contributed by atoms with Crippen molar-refractivity contribution in [3.8, 4) is 0 Å². The first-order chi connectivity index (χ1) is 7.91. The average Bonchev–Trinajstić information content (AvgIpc) is 3.01. The highest BCUT2D eigenvalue weighted by atomic mass is 35.5. The van der Waals surface area contributed by atoms with Gasteiger partial charge in [-0.2, -0.15) is 13.2 Å². The fourth-order valence-corrected chi connectivity index (χ4v) is 1.85. The van der Waals surface area contributed by atoms with Crippen molar-refractivity contribution in [3.63, 3.8) is 0 Å². The standard InChI is InChI=1S/C10H11ClF3N3/c1-2-17(6-3-4-6)8-5-7(11)15-9(16-8)10(12,13)14/h5-6H,2-4H2,1H3. The van der Waals surface area contributed by atoms with Crippen molar-refractivity contribution in [2.45, 2.75) is 32.0 Å². The molecule has 1 aliphatic carbocycles. The van der Waals surface area contributed by atoms with Crippen molar-refractivity contribution in [1.29, 1.82) is 0 Å². The van der Waals surface area contributed by atoms with Crippen molar-refractivity contribution in [1.82, 2.24) is 9.97 Å². The Bertz CT molecular complexity index is 418. The number of rotatable bonds is 3. The molecule has 0 aromatic carbocycles. The predicted molar refractivity (Wildman–Crippen MR) is 58.1 cm³/mol. The third kappa shape index (κ3) is 2.80. The number of alkyl halides is 3. The highest BCUT2D eigenvalue weighted by Gasteiger charge is 2.37. The Morgan fingerprint density at radius 3 is 2.53 bits per heavy atom. The van der Waals surface area contributed by atoms with Crippen LogP contribution in [0.5, 0.6) is 0 Å². The molecule has 7 heteroatoms. The number of halogens is 4. The Hall–Kier alpha value is -1.04. The van der Waals surface area contributed by atoms with E-state index in [-0.39, 0.29) is 17.0 Å². The number of hydrogen-bond donors (Lipinski definition) is 0. The van der Waals surface area contributed by atoms with Gasteiger partial charge >= 0.3 is 6.18 Å². The maximum Gasteiger partial charge on any atom is 0.451 e. The molecule has 1 aromatic rings. The van der Waals surface area contributed by atoms with Crippen molar-refractivity contribution < 1.29 is 13.2 Å². The highest BCUT2D eigenvalue weighted by Crippen LogP contribution is 2.33. The van der Waals surface area contributed by atoms with E-state index in [0.717, 1.165) is 12.8 Å². The fraction of sp³-hybridized carbons (Fsp3) is 0.600. The summed E-state index contributed by atoms with van der Waals surface area (Å²) in [5.74, 6) is -0.929. The van der Waals surface area contributed by atoms with Crippen LogP contribution in [0.3, 0.4) is 0 Å². The second-order valence-electron chi connectivity index (χ2n) is 3.89. The molecule has 0 bridgehead atoms. The summed E-state index contributed by atoms with van der Waals surface area (Å²) in [6.07, 6.45) is -2.60. The van der Waals surface area contributed by atoms with Crippen LogP contribution in [0.1, 0.15) is 25.6 Å². The molecule has 2 rings (SSSR count). The van der Waals surface area contributed by atoms with E-state index in [1.165, 1.54) is 6.07 Å². The lowest BCUT2D eigenvalue weighted by molar-refractivity contribution is -0.144. The Balaban J connectivity index is 2.36. The second kappa shape index (κ2) is 4.33. The minimum Gasteiger partial charge on any atom is -0.354 e. The van der Waals surface area contributed by atoms with Gasteiger partial charge in [0.15, 0.2) is 0 Å². The van der Waals surface area contributed by atoms with Gasteiger partial charge in [0.25, 0.3) is 0 Å². The molecule has 1 fully saturated rings. The number of hydrogen-bond acceptors (Lipinski definition) is 3. The third-order valence-corrected chi connectivity index (χ3v) is 2.75. The van der Waals surface area contributed by atoms with Crippen LogP contribution in [-0.4, -0.2) is 22.6 Å². The van der Waals surface area contributed by atoms with E-state index >= 15 is 0 Å². The van der Waals surface area contributed by atoms with Crippen LogP contribution in [0.2, 0.25) is 5.15 Å². The Labute approximate surface area is 102 Å². The molecule has 0 aliphatic heterocycles. The predicted octanol–water partition coefficient (Wildman–Crippen LogP) is 3.14. The summed E-state index contributed by atoms with van der Waals surface area (Å²) in [6, 6.07) is 1.66. The van der Waals surface area contributed by atoms with E-state index in [9.17, 15) is 13.2 Å². The van der Waals surface area contributed by atoms with Crippen LogP contribution in [0.4, 0.5) is 19.0 Å². The third-order valence-electron chi connectivity index (χ3n) is 2.56. The molecule has 3 nitrogen and oxygen atoms in total. The summed E-state index contributed by atoms with van der Waals surface area (Å²) in [7, 11) is 0. The van der Waals surface area contributed by atoms with Crippen molar-refractivity contribution >= 4 is 17.4 Å². The van der Waals surface area contributed by atoms with Gasteiger partial charge < -0.3 is 4.90 Å². The number of nitrogens with zero attached hydrogens (tertiary/aromatic N) is 3. The van der Waals surface area contributed by atoms with Gasteiger partial charge in [-0.3, -0.25) is 0 Å². The first kappa shape index (κ1) is 12.4. The minimum absolute atomic E-state index is 0.179. The summed E-state index contributed by atoms with van der Waals surface area (Å²) in [5.41, 5.74) is 0. The zero-order valence-electron chi connectivity index (χ0n) is 9.13. The van der Waals surface area contributed by atoms with E-state index in [0.29, 0.717) is 6.54 Å². The molecule has 0 N–H and O–H groups in total. The van der Waals surface area contributed by atoms with Gasteiger partial charge in [0, 0.05) is 18.7 Å². The zero-order chi connectivity index (χ0) is 12.6. The summed E-state index contributed by atoms with van der Waals surface area (Å²) >= 11 is 5.60. The lowest BCUT2D eigenvalue weighted by atomic mass is 10.4. The number of anilines is 1. The molecule has 17 heavy (non-hydrogen) atoms. The van der Waals surface area contributed by atoms with E-state index in [2.05, 4.69) is 9.97 Å². The molecular formula is C10H11ClF3N3. The minimum atomic E-state index is -4.57. The van der Waals surface area contributed by atoms with Crippen LogP contribution in [0, 0.1) is 0 Å². The van der Waals surface area contributed by atoms with Crippen molar-refractivity contribution in [3.05, 3.63) is 17.0 Å². The van der Waals surface area contributed by atoms with Crippen LogP contribution >= 0.6 is 11.6 Å². The van der Waals surface area contributed by atoms with Gasteiger partial charge in [0.05, 0.1) is 0 Å². The molecule has 0 radical (unpaired) electrons. The summed E-state index contributed by atoms with van der Waals surface area (Å²) in [6.45, 7) is 2.48. The molecule has 1 aliphatic rings. The van der Waals surface area contributed by atoms with E-state index < -0.39 is 12.0 Å². The first-order valence-corrected chi connectivity index (χ1v) is 5.68. The molecule has 0 saturated heterocycles. The lowest BCUT2D eigenvalue weighted by Crippen LogP contribution is -2.27. The van der Waals surface area contributed by atoms with Gasteiger partial charge in [-0.05, 0) is 19.8 Å². The molecular weight excluding hydrogens is 255 g/mol. The van der Waals surface area contributed by atoms with Gasteiger partial charge in [-0.1, -0.05) is 11.6 Å². The van der Waals surface area contributed by atoms with E-state index in [4.69, 9.17) is 11.6 Å². The molecule has 0 spiro atoms. The maximum absolute atomic E-state index is 12.5. The van der Waals surface area contributed by atoms with Gasteiger partial charge in [0.1, 0.15) is 11.0 Å². The normalized spacial score (nSPS) is 16.1. The Morgan fingerprint density at radius 1 is 1.41 bits per heavy atom. The average molecular weight is 266 g/mol. The van der Waals surface area contributed by atoms with Gasteiger partial charge in [0.2, 0.25) is 5.82 Å². The molecule has 1 aromatic heterocycles. The topological polar surface area (TPSA) is 29.0 Å². The molecule has 1 heterocycles. The smallest absolute Gasteiger partial charge is 0.354 e. The van der Waals surface area contributed by atoms with E-state index in [1.807, 2.05) is 11.8 Å². The Morgan fingerprint density at radius 2 is 2.06 bits per heavy atom. The SMILES string of the molecule is CCN(c1cc(Cl)nc(C(F)(F)F)n1)C1CC1. The van der Waals surface area contributed by atoms with Crippen LogP contribution in [-0.2, 0) is 6.18 Å². The quantitative estimate of drug-likeness (QED) is 0.786. The summed E-state index contributed by atoms with van der Waals surface area (Å²) in [5, 5.41) is -0.179. The largest absolute Gasteiger partial charge is 0.451 e. The summed E-state index contributed by atoms with van der Waals surface area (Å²) in [4.78, 5) is 8.57. The van der Waals surface area contributed by atoms with Crippen LogP contribution in [0.25, 0.3) is 0 Å². The van der Waals surface area contributed by atoms with Crippen LogP contribution < -0.4 is 4.90 Å². The maximum atomic E-state index is 12.5. The summed E-state index contributed by atoms with van der Waals surface area (Å²) < 4.78 is 37.6.